The van der Waals surface area contributed by atoms with Gasteiger partial charge in [0.1, 0.15) is 0 Å². The van der Waals surface area contributed by atoms with Crippen molar-refractivity contribution in [2.75, 3.05) is 13.1 Å². The summed E-state index contributed by atoms with van der Waals surface area (Å²) in [5.74, 6) is -0.326. The predicted octanol–water partition coefficient (Wildman–Crippen LogP) is 2.47. The van der Waals surface area contributed by atoms with Crippen LogP contribution in [0, 0.1) is 6.92 Å². The van der Waals surface area contributed by atoms with Crippen LogP contribution in [0.4, 0.5) is 0 Å². The minimum Gasteiger partial charge on any atom is -0.350 e. The summed E-state index contributed by atoms with van der Waals surface area (Å²) in [6.45, 7) is 9.16. The highest BCUT2D eigenvalue weighted by Gasteiger charge is 2.28. The molecule has 7 heteroatoms. The van der Waals surface area contributed by atoms with Gasteiger partial charge in [-0.15, -0.1) is 0 Å². The monoisotopic (exact) mass is 363 g/mol. The Kier molecular flexibility index (Phi) is 5.49. The number of benzene rings is 1. The quantitative estimate of drug-likeness (QED) is 0.885. The third kappa shape index (κ3) is 4.35. The second kappa shape index (κ2) is 7.09. The van der Waals surface area contributed by atoms with Gasteiger partial charge in [0.2, 0.25) is 15.9 Å². The molecule has 0 aliphatic rings. The molecule has 0 spiro atoms. The number of amides is 1. The van der Waals surface area contributed by atoms with Crippen molar-refractivity contribution in [3.8, 4) is 0 Å². The Morgan fingerprint density at radius 3 is 2.52 bits per heavy atom. The molecule has 136 valence electrons. The minimum atomic E-state index is -3.81. The van der Waals surface area contributed by atoms with E-state index in [9.17, 15) is 13.2 Å². The number of likely N-dealkylation sites (N-methyl/N-ethyl adjacent to an activating group) is 1. The summed E-state index contributed by atoms with van der Waals surface area (Å²) >= 11 is 0. The smallest absolute Gasteiger partial charge is 0.244 e. The van der Waals surface area contributed by atoms with Crippen LogP contribution >= 0.6 is 0 Å². The van der Waals surface area contributed by atoms with Crippen LogP contribution in [0.2, 0.25) is 0 Å². The molecule has 0 saturated heterocycles. The number of sulfonamides is 1. The molecule has 0 bridgehead atoms. The van der Waals surface area contributed by atoms with Crippen LogP contribution in [0.5, 0.6) is 0 Å². The lowest BCUT2D eigenvalue weighted by molar-refractivity contribution is -0.122. The van der Waals surface area contributed by atoms with Gasteiger partial charge in [-0.25, -0.2) is 8.42 Å². The van der Waals surface area contributed by atoms with Crippen LogP contribution in [0.3, 0.4) is 0 Å². The number of carbonyl (C=O) groups is 1. The number of rotatable bonds is 5. The van der Waals surface area contributed by atoms with Crippen molar-refractivity contribution >= 4 is 26.8 Å². The molecule has 2 rings (SSSR count). The van der Waals surface area contributed by atoms with Gasteiger partial charge < -0.3 is 5.32 Å². The lowest BCUT2D eigenvalue weighted by atomic mass is 10.1. The SMILES string of the molecule is CCN(CC(=O)NC(C)(C)C)S(=O)(=O)c1ccc(C)c2ncccc12. The summed E-state index contributed by atoms with van der Waals surface area (Å²) in [4.78, 5) is 16.7. The van der Waals surface area contributed by atoms with E-state index < -0.39 is 15.6 Å². The van der Waals surface area contributed by atoms with Gasteiger partial charge >= 0.3 is 0 Å². The molecule has 25 heavy (non-hydrogen) atoms. The molecule has 2 aromatic rings. The van der Waals surface area contributed by atoms with Gasteiger partial charge in [0, 0.05) is 23.7 Å². The van der Waals surface area contributed by atoms with Gasteiger partial charge in [0.05, 0.1) is 17.0 Å². The van der Waals surface area contributed by atoms with Crippen LogP contribution < -0.4 is 5.32 Å². The van der Waals surface area contributed by atoms with Gasteiger partial charge in [0.25, 0.3) is 0 Å². The third-order valence-electron chi connectivity index (χ3n) is 3.74. The number of carbonyl (C=O) groups excluding carboxylic acids is 1. The Labute approximate surface area is 149 Å². The Morgan fingerprint density at radius 1 is 1.24 bits per heavy atom. The van der Waals surface area contributed by atoms with Crippen LogP contribution in [-0.2, 0) is 14.8 Å². The van der Waals surface area contributed by atoms with E-state index in [4.69, 9.17) is 0 Å². The van der Waals surface area contributed by atoms with Crippen LogP contribution in [0.1, 0.15) is 33.3 Å². The molecule has 0 atom stereocenters. The fraction of sp³-hybridized carbons (Fsp3) is 0.444. The average Bonchev–Trinajstić information content (AvgIpc) is 2.51. The summed E-state index contributed by atoms with van der Waals surface area (Å²) in [5, 5.41) is 3.36. The molecule has 6 nitrogen and oxygen atoms in total. The first-order chi connectivity index (χ1) is 11.6. The number of pyridine rings is 1. The zero-order valence-electron chi connectivity index (χ0n) is 15.3. The van der Waals surface area contributed by atoms with Crippen molar-refractivity contribution in [3.63, 3.8) is 0 Å². The molecule has 0 radical (unpaired) electrons. The second-order valence-corrected chi connectivity index (χ2v) is 8.92. The van der Waals surface area contributed by atoms with Gasteiger partial charge in [-0.3, -0.25) is 9.78 Å². The normalized spacial score (nSPS) is 12.6. The highest BCUT2D eigenvalue weighted by atomic mass is 32.2. The van der Waals surface area contributed by atoms with Crippen LogP contribution in [0.25, 0.3) is 10.9 Å². The molecule has 1 amide bonds. The molecular formula is C18H25N3O3S. The van der Waals surface area contributed by atoms with E-state index >= 15 is 0 Å². The molecule has 1 aromatic carbocycles. The zero-order valence-corrected chi connectivity index (χ0v) is 16.1. The van der Waals surface area contributed by atoms with Gasteiger partial charge in [-0.1, -0.05) is 13.0 Å². The Morgan fingerprint density at radius 2 is 1.92 bits per heavy atom. The standard InChI is InChI=1S/C18H25N3O3S/c1-6-21(12-16(22)20-18(3,4)5)25(23,24)15-10-9-13(2)17-14(15)8-7-11-19-17/h7-11H,6,12H2,1-5H3,(H,20,22). The van der Waals surface area contributed by atoms with Gasteiger partial charge in [0.15, 0.2) is 0 Å². The van der Waals surface area contributed by atoms with E-state index in [1.165, 1.54) is 4.31 Å². The zero-order chi connectivity index (χ0) is 18.8. The topological polar surface area (TPSA) is 79.4 Å². The van der Waals surface area contributed by atoms with E-state index in [0.29, 0.717) is 10.9 Å². The Hall–Kier alpha value is -1.99. The van der Waals surface area contributed by atoms with Crippen molar-refractivity contribution in [1.29, 1.82) is 0 Å². The third-order valence-corrected chi connectivity index (χ3v) is 5.72. The predicted molar refractivity (Wildman–Crippen MR) is 98.8 cm³/mol. The van der Waals surface area contributed by atoms with E-state index in [-0.39, 0.29) is 23.9 Å². The number of aromatic nitrogens is 1. The highest BCUT2D eigenvalue weighted by Crippen LogP contribution is 2.26. The summed E-state index contributed by atoms with van der Waals surface area (Å²) in [7, 11) is -3.81. The maximum absolute atomic E-state index is 13.1. The summed E-state index contributed by atoms with van der Waals surface area (Å²) in [5.41, 5.74) is 1.14. The number of aryl methyl sites for hydroxylation is 1. The largest absolute Gasteiger partial charge is 0.350 e. The lowest BCUT2D eigenvalue weighted by Gasteiger charge is -2.25. The molecule has 0 unspecified atom stereocenters. The first kappa shape index (κ1) is 19.3. The summed E-state index contributed by atoms with van der Waals surface area (Å²) in [6.07, 6.45) is 1.64. The Balaban J connectivity index is 2.43. The maximum Gasteiger partial charge on any atom is 0.244 e. The van der Waals surface area contributed by atoms with Crippen molar-refractivity contribution in [1.82, 2.24) is 14.6 Å². The Bertz CT molecular complexity index is 886. The van der Waals surface area contributed by atoms with Crippen LogP contribution in [0.15, 0.2) is 35.4 Å². The molecular weight excluding hydrogens is 338 g/mol. The molecule has 0 fully saturated rings. The van der Waals surface area contributed by atoms with Gasteiger partial charge in [-0.05, 0) is 51.5 Å². The lowest BCUT2D eigenvalue weighted by Crippen LogP contribution is -2.47. The maximum atomic E-state index is 13.1. The van der Waals surface area contributed by atoms with Crippen LogP contribution in [-0.4, -0.2) is 42.2 Å². The highest BCUT2D eigenvalue weighted by molar-refractivity contribution is 7.89. The first-order valence-electron chi connectivity index (χ1n) is 8.22. The fourth-order valence-corrected chi connectivity index (χ4v) is 4.22. The summed E-state index contributed by atoms with van der Waals surface area (Å²) < 4.78 is 27.4. The molecule has 0 saturated carbocycles. The number of hydrogen-bond donors (Lipinski definition) is 1. The molecule has 0 aliphatic carbocycles. The number of fused-ring (bicyclic) bond motifs is 1. The fourth-order valence-electron chi connectivity index (χ4n) is 2.64. The molecule has 1 aromatic heterocycles. The van der Waals surface area contributed by atoms with Crippen molar-refractivity contribution in [2.24, 2.45) is 0 Å². The number of nitrogens with one attached hydrogen (secondary N) is 1. The average molecular weight is 363 g/mol. The molecule has 1 N–H and O–H groups in total. The molecule has 1 heterocycles. The van der Waals surface area contributed by atoms with Crippen molar-refractivity contribution < 1.29 is 13.2 Å². The van der Waals surface area contributed by atoms with Gasteiger partial charge in [-0.2, -0.15) is 4.31 Å². The van der Waals surface area contributed by atoms with E-state index in [0.717, 1.165) is 5.56 Å². The second-order valence-electron chi connectivity index (χ2n) is 7.01. The van der Waals surface area contributed by atoms with E-state index in [1.807, 2.05) is 27.7 Å². The summed E-state index contributed by atoms with van der Waals surface area (Å²) in [6, 6.07) is 6.78. The number of nitrogens with zero attached hydrogens (tertiary/aromatic N) is 2. The van der Waals surface area contributed by atoms with E-state index in [2.05, 4.69) is 10.3 Å². The molecule has 0 aliphatic heterocycles. The number of hydrogen-bond acceptors (Lipinski definition) is 4. The van der Waals surface area contributed by atoms with E-state index in [1.54, 1.807) is 37.4 Å². The minimum absolute atomic E-state index is 0.173. The van der Waals surface area contributed by atoms with Crippen molar-refractivity contribution in [2.45, 2.75) is 45.1 Å². The first-order valence-corrected chi connectivity index (χ1v) is 9.66. The van der Waals surface area contributed by atoms with Crippen molar-refractivity contribution in [3.05, 3.63) is 36.0 Å².